The van der Waals surface area contributed by atoms with E-state index < -0.39 is 0 Å². The molecule has 6 heteroatoms. The van der Waals surface area contributed by atoms with Gasteiger partial charge in [-0.2, -0.15) is 5.10 Å². The first kappa shape index (κ1) is 11.0. The summed E-state index contributed by atoms with van der Waals surface area (Å²) in [6.07, 6.45) is 5.19. The molecule has 0 spiro atoms. The van der Waals surface area contributed by atoms with Gasteiger partial charge in [0.2, 0.25) is 0 Å². The Morgan fingerprint density at radius 1 is 1.25 bits per heavy atom. The van der Waals surface area contributed by atoms with Crippen LogP contribution < -0.4 is 5.73 Å². The number of nitrogens with zero attached hydrogens (tertiary/aromatic N) is 4. The van der Waals surface area contributed by atoms with Gasteiger partial charge < -0.3 is 10.2 Å². The van der Waals surface area contributed by atoms with E-state index in [1.807, 2.05) is 25.2 Å². The van der Waals surface area contributed by atoms with Gasteiger partial charge in [-0.05, 0) is 18.2 Å². The smallest absolute Gasteiger partial charge is 0.176 e. The molecule has 0 aromatic carbocycles. The van der Waals surface area contributed by atoms with Crippen molar-refractivity contribution >= 4 is 27.7 Å². The number of pyridine rings is 2. The van der Waals surface area contributed by atoms with Crippen LogP contribution in [0.1, 0.15) is 0 Å². The lowest BCUT2D eigenvalue weighted by Crippen LogP contribution is -1.89. The molecule has 6 nitrogen and oxygen atoms in total. The number of aromatic nitrogens is 4. The van der Waals surface area contributed by atoms with Crippen molar-refractivity contribution in [2.75, 3.05) is 5.73 Å². The molecule has 4 aromatic heterocycles. The molecular weight excluding hydrogens is 254 g/mol. The summed E-state index contributed by atoms with van der Waals surface area (Å²) >= 11 is 0. The molecule has 0 fully saturated rings. The molecule has 0 saturated carbocycles. The molecule has 0 aliphatic rings. The standard InChI is InChI=1S/C14H11N5O/c1-19-10-7-16-4-3-9(10)12(18-19)11-6-8-2-5-17-14(15)13(8)20-11/h2-7H,1H3,(H2,15,17). The van der Waals surface area contributed by atoms with Crippen LogP contribution in [0.25, 0.3) is 33.3 Å². The van der Waals surface area contributed by atoms with Crippen LogP contribution in [0.5, 0.6) is 0 Å². The van der Waals surface area contributed by atoms with Crippen molar-refractivity contribution in [3.05, 3.63) is 36.8 Å². The molecule has 4 rings (SSSR count). The van der Waals surface area contributed by atoms with Crippen molar-refractivity contribution in [3.63, 3.8) is 0 Å². The van der Waals surface area contributed by atoms with E-state index >= 15 is 0 Å². The number of nitrogens with two attached hydrogens (primary N) is 1. The SMILES string of the molecule is Cn1nc(-c2cc3ccnc(N)c3o2)c2ccncc21. The van der Waals surface area contributed by atoms with Crippen molar-refractivity contribution in [2.24, 2.45) is 7.05 Å². The highest BCUT2D eigenvalue weighted by Gasteiger charge is 2.15. The van der Waals surface area contributed by atoms with E-state index in [-0.39, 0.29) is 0 Å². The summed E-state index contributed by atoms with van der Waals surface area (Å²) in [4.78, 5) is 8.15. The molecule has 0 aliphatic heterocycles. The minimum Gasteiger partial charge on any atom is -0.450 e. The number of anilines is 1. The van der Waals surface area contributed by atoms with Crippen molar-refractivity contribution in [2.45, 2.75) is 0 Å². The number of fused-ring (bicyclic) bond motifs is 2. The zero-order chi connectivity index (χ0) is 13.7. The van der Waals surface area contributed by atoms with Crippen molar-refractivity contribution in [1.82, 2.24) is 19.7 Å². The third kappa shape index (κ3) is 1.41. The zero-order valence-corrected chi connectivity index (χ0v) is 10.7. The molecule has 0 amide bonds. The number of nitrogen functional groups attached to an aromatic ring is 1. The Bertz CT molecular complexity index is 937. The van der Waals surface area contributed by atoms with Crippen molar-refractivity contribution in [3.8, 4) is 11.5 Å². The predicted molar refractivity (Wildman–Crippen MR) is 75.9 cm³/mol. The highest BCUT2D eigenvalue weighted by atomic mass is 16.3. The second-order valence-corrected chi connectivity index (χ2v) is 4.59. The van der Waals surface area contributed by atoms with Crippen LogP contribution in [-0.2, 0) is 7.05 Å². The van der Waals surface area contributed by atoms with E-state index in [0.29, 0.717) is 17.2 Å². The second kappa shape index (κ2) is 3.80. The number of hydrogen-bond acceptors (Lipinski definition) is 5. The Balaban J connectivity index is 2.04. The molecule has 0 unspecified atom stereocenters. The average Bonchev–Trinajstić information content (AvgIpc) is 3.02. The van der Waals surface area contributed by atoms with Crippen LogP contribution in [0.4, 0.5) is 5.82 Å². The first-order chi connectivity index (χ1) is 9.74. The van der Waals surface area contributed by atoms with Crippen LogP contribution in [0, 0.1) is 0 Å². The van der Waals surface area contributed by atoms with Gasteiger partial charge in [0.1, 0.15) is 5.69 Å². The van der Waals surface area contributed by atoms with Gasteiger partial charge in [0.25, 0.3) is 0 Å². The van der Waals surface area contributed by atoms with Gasteiger partial charge in [0.15, 0.2) is 17.2 Å². The number of aryl methyl sites for hydroxylation is 1. The van der Waals surface area contributed by atoms with Crippen LogP contribution >= 0.6 is 0 Å². The quantitative estimate of drug-likeness (QED) is 0.571. The lowest BCUT2D eigenvalue weighted by molar-refractivity contribution is 0.626. The fourth-order valence-electron chi connectivity index (χ4n) is 2.39. The van der Waals surface area contributed by atoms with E-state index in [1.165, 1.54) is 0 Å². The van der Waals surface area contributed by atoms with Gasteiger partial charge in [0.05, 0.1) is 11.7 Å². The second-order valence-electron chi connectivity index (χ2n) is 4.59. The molecule has 0 aliphatic carbocycles. The summed E-state index contributed by atoms with van der Waals surface area (Å²) in [7, 11) is 1.88. The van der Waals surface area contributed by atoms with E-state index in [4.69, 9.17) is 10.2 Å². The van der Waals surface area contributed by atoms with Crippen LogP contribution in [0.15, 0.2) is 41.2 Å². The molecule has 0 bridgehead atoms. The third-order valence-corrected chi connectivity index (χ3v) is 3.35. The average molecular weight is 265 g/mol. The number of furan rings is 1. The van der Waals surface area contributed by atoms with Crippen molar-refractivity contribution in [1.29, 1.82) is 0 Å². The lowest BCUT2D eigenvalue weighted by Gasteiger charge is -1.92. The summed E-state index contributed by atoms with van der Waals surface area (Å²) in [6, 6.07) is 5.72. The fourth-order valence-corrected chi connectivity index (χ4v) is 2.39. The molecular formula is C14H11N5O. The third-order valence-electron chi connectivity index (χ3n) is 3.35. The Kier molecular flexibility index (Phi) is 2.09. The van der Waals surface area contributed by atoms with Crippen LogP contribution in [0.3, 0.4) is 0 Å². The molecule has 20 heavy (non-hydrogen) atoms. The zero-order valence-electron chi connectivity index (χ0n) is 10.7. The molecule has 4 aromatic rings. The maximum atomic E-state index is 5.82. The Labute approximate surface area is 113 Å². The number of hydrogen-bond donors (Lipinski definition) is 1. The number of rotatable bonds is 1. The first-order valence-corrected chi connectivity index (χ1v) is 6.15. The molecule has 98 valence electrons. The lowest BCUT2D eigenvalue weighted by atomic mass is 10.2. The predicted octanol–water partition coefficient (Wildman–Crippen LogP) is 2.36. The Hall–Kier alpha value is -2.89. The maximum absolute atomic E-state index is 5.82. The molecule has 2 N–H and O–H groups in total. The van der Waals surface area contributed by atoms with Gasteiger partial charge in [-0.1, -0.05) is 0 Å². The van der Waals surface area contributed by atoms with E-state index in [1.54, 1.807) is 23.3 Å². The molecule has 0 atom stereocenters. The summed E-state index contributed by atoms with van der Waals surface area (Å²) in [5.41, 5.74) is 8.15. The monoisotopic (exact) mass is 265 g/mol. The topological polar surface area (TPSA) is 82.8 Å². The summed E-state index contributed by atoms with van der Waals surface area (Å²) in [5.74, 6) is 1.06. The van der Waals surface area contributed by atoms with E-state index in [2.05, 4.69) is 15.1 Å². The highest BCUT2D eigenvalue weighted by molar-refractivity contribution is 5.95. The van der Waals surface area contributed by atoms with Crippen LogP contribution in [0.2, 0.25) is 0 Å². The van der Waals surface area contributed by atoms with Gasteiger partial charge >= 0.3 is 0 Å². The van der Waals surface area contributed by atoms with Gasteiger partial charge in [-0.3, -0.25) is 9.67 Å². The Morgan fingerprint density at radius 2 is 2.15 bits per heavy atom. The summed E-state index contributed by atoms with van der Waals surface area (Å²) < 4.78 is 7.61. The van der Waals surface area contributed by atoms with Gasteiger partial charge in [0, 0.05) is 30.2 Å². The fraction of sp³-hybridized carbons (Fsp3) is 0.0714. The van der Waals surface area contributed by atoms with Gasteiger partial charge in [-0.25, -0.2) is 4.98 Å². The summed E-state index contributed by atoms with van der Waals surface area (Å²) in [5, 5.41) is 6.42. The maximum Gasteiger partial charge on any atom is 0.176 e. The summed E-state index contributed by atoms with van der Waals surface area (Å²) in [6.45, 7) is 0. The minimum atomic E-state index is 0.385. The van der Waals surface area contributed by atoms with E-state index in [9.17, 15) is 0 Å². The molecule has 4 heterocycles. The molecule has 0 saturated heterocycles. The minimum absolute atomic E-state index is 0.385. The molecule has 0 radical (unpaired) electrons. The normalized spacial score (nSPS) is 11.4. The highest BCUT2D eigenvalue weighted by Crippen LogP contribution is 2.32. The van der Waals surface area contributed by atoms with Gasteiger partial charge in [-0.15, -0.1) is 0 Å². The van der Waals surface area contributed by atoms with E-state index in [0.717, 1.165) is 22.0 Å². The first-order valence-electron chi connectivity index (χ1n) is 6.15. The Morgan fingerprint density at radius 3 is 3.00 bits per heavy atom. The van der Waals surface area contributed by atoms with Crippen molar-refractivity contribution < 1.29 is 4.42 Å². The van der Waals surface area contributed by atoms with Crippen LogP contribution in [-0.4, -0.2) is 19.7 Å². The largest absolute Gasteiger partial charge is 0.450 e.